The lowest BCUT2D eigenvalue weighted by Crippen LogP contribution is -2.51. The fourth-order valence-corrected chi connectivity index (χ4v) is 5.43. The van der Waals surface area contributed by atoms with E-state index in [1.165, 1.54) is 25.0 Å². The lowest BCUT2D eigenvalue weighted by Gasteiger charge is -2.37. The highest BCUT2D eigenvalue weighted by atomic mass is 19.1. The van der Waals surface area contributed by atoms with Gasteiger partial charge >= 0.3 is 0 Å². The van der Waals surface area contributed by atoms with Crippen molar-refractivity contribution in [3.8, 4) is 5.75 Å². The Morgan fingerprint density at radius 1 is 0.882 bits per heavy atom. The number of carbonyl (C=O) groups excluding carboxylic acids is 2. The smallest absolute Gasteiger partial charge is 0.236 e. The average molecular weight is 475 g/mol. The number of nitrogens with zero attached hydrogens (tertiary/aromatic N) is 4. The van der Waals surface area contributed by atoms with Crippen LogP contribution in [0.1, 0.15) is 44.1 Å². The van der Waals surface area contributed by atoms with Crippen LogP contribution in [0.5, 0.6) is 5.75 Å². The van der Waals surface area contributed by atoms with E-state index in [1.54, 1.807) is 13.2 Å². The molecule has 3 fully saturated rings. The van der Waals surface area contributed by atoms with Gasteiger partial charge in [-0.1, -0.05) is 12.8 Å². The number of halogens is 1. The highest BCUT2D eigenvalue weighted by molar-refractivity contribution is 5.81. The van der Waals surface area contributed by atoms with Crippen LogP contribution in [-0.2, 0) is 16.1 Å². The maximum atomic E-state index is 13.7. The Morgan fingerprint density at radius 2 is 1.53 bits per heavy atom. The molecule has 0 atom stereocenters. The minimum Gasteiger partial charge on any atom is -0.496 e. The predicted octanol–water partition coefficient (Wildman–Crippen LogP) is 2.59. The Balaban J connectivity index is 1.18. The summed E-state index contributed by atoms with van der Waals surface area (Å²) in [5, 5.41) is 0. The number of hydrogen-bond acceptors (Lipinski definition) is 5. The molecule has 34 heavy (non-hydrogen) atoms. The molecule has 3 saturated heterocycles. The molecule has 2 amide bonds. The van der Waals surface area contributed by atoms with Crippen molar-refractivity contribution in [3.05, 3.63) is 29.6 Å². The fourth-order valence-electron chi connectivity index (χ4n) is 5.43. The van der Waals surface area contributed by atoms with E-state index >= 15 is 0 Å². The van der Waals surface area contributed by atoms with Gasteiger partial charge in [0, 0.05) is 70.4 Å². The zero-order valence-electron chi connectivity index (χ0n) is 20.5. The number of rotatable bonds is 6. The SMILES string of the molecule is COc1ccc(F)cc1CN1CCN(CC(=O)N2CCC(C(=O)N3CCCCCC3)CC2)CC1. The Labute approximate surface area is 202 Å². The topological polar surface area (TPSA) is 56.3 Å². The third kappa shape index (κ3) is 6.48. The minimum atomic E-state index is -0.253. The molecule has 0 spiro atoms. The van der Waals surface area contributed by atoms with Gasteiger partial charge in [-0.05, 0) is 43.9 Å². The van der Waals surface area contributed by atoms with Crippen molar-refractivity contribution in [1.29, 1.82) is 0 Å². The molecule has 3 heterocycles. The van der Waals surface area contributed by atoms with Gasteiger partial charge in [0.1, 0.15) is 11.6 Å². The van der Waals surface area contributed by atoms with Crippen molar-refractivity contribution in [2.45, 2.75) is 45.1 Å². The molecule has 1 aromatic rings. The van der Waals surface area contributed by atoms with Crippen LogP contribution in [0.15, 0.2) is 18.2 Å². The van der Waals surface area contributed by atoms with Gasteiger partial charge in [-0.15, -0.1) is 0 Å². The lowest BCUT2D eigenvalue weighted by molar-refractivity contribution is -0.141. The van der Waals surface area contributed by atoms with Crippen molar-refractivity contribution >= 4 is 11.8 Å². The van der Waals surface area contributed by atoms with Crippen LogP contribution >= 0.6 is 0 Å². The van der Waals surface area contributed by atoms with Crippen LogP contribution in [0.2, 0.25) is 0 Å². The Hall–Kier alpha value is -2.19. The number of carbonyl (C=O) groups is 2. The second kappa shape index (κ2) is 12.0. The molecule has 0 aromatic heterocycles. The maximum absolute atomic E-state index is 13.7. The Kier molecular flexibility index (Phi) is 8.78. The van der Waals surface area contributed by atoms with Gasteiger partial charge in [0.25, 0.3) is 0 Å². The van der Waals surface area contributed by atoms with Gasteiger partial charge in [-0.25, -0.2) is 4.39 Å². The molecule has 1 aromatic carbocycles. The molecule has 0 saturated carbocycles. The molecule has 7 nitrogen and oxygen atoms in total. The summed E-state index contributed by atoms with van der Waals surface area (Å²) in [6, 6.07) is 4.62. The van der Waals surface area contributed by atoms with Gasteiger partial charge in [0.05, 0.1) is 13.7 Å². The number of methoxy groups -OCH3 is 1. The van der Waals surface area contributed by atoms with Crippen molar-refractivity contribution in [1.82, 2.24) is 19.6 Å². The van der Waals surface area contributed by atoms with Crippen molar-refractivity contribution in [2.24, 2.45) is 5.92 Å². The number of ether oxygens (including phenoxy) is 1. The Morgan fingerprint density at radius 3 is 2.18 bits per heavy atom. The van der Waals surface area contributed by atoms with Crippen LogP contribution in [-0.4, -0.2) is 97.4 Å². The fraction of sp³-hybridized carbons (Fsp3) is 0.692. The molecule has 0 bridgehead atoms. The van der Waals surface area contributed by atoms with E-state index in [9.17, 15) is 14.0 Å². The summed E-state index contributed by atoms with van der Waals surface area (Å²) in [5.41, 5.74) is 0.852. The highest BCUT2D eigenvalue weighted by Gasteiger charge is 2.31. The number of hydrogen-bond donors (Lipinski definition) is 0. The summed E-state index contributed by atoms with van der Waals surface area (Å²) >= 11 is 0. The van der Waals surface area contributed by atoms with Crippen molar-refractivity contribution in [2.75, 3.05) is 66.0 Å². The number of benzene rings is 1. The van der Waals surface area contributed by atoms with Crippen LogP contribution < -0.4 is 4.74 Å². The average Bonchev–Trinajstić information content (AvgIpc) is 3.15. The molecule has 4 rings (SSSR count). The summed E-state index contributed by atoms with van der Waals surface area (Å²) in [6.45, 7) is 7.53. The molecule has 188 valence electrons. The molecule has 0 radical (unpaired) electrons. The van der Waals surface area contributed by atoms with Crippen molar-refractivity contribution < 1.29 is 18.7 Å². The van der Waals surface area contributed by atoms with E-state index in [2.05, 4.69) is 14.7 Å². The van der Waals surface area contributed by atoms with Crippen LogP contribution in [0.25, 0.3) is 0 Å². The molecule has 0 N–H and O–H groups in total. The summed E-state index contributed by atoms with van der Waals surface area (Å²) < 4.78 is 19.0. The van der Waals surface area contributed by atoms with Crippen LogP contribution in [0.3, 0.4) is 0 Å². The third-order valence-corrected chi connectivity index (χ3v) is 7.57. The summed E-state index contributed by atoms with van der Waals surface area (Å²) in [6.07, 6.45) is 6.25. The first-order chi connectivity index (χ1) is 16.5. The summed E-state index contributed by atoms with van der Waals surface area (Å²) in [5.74, 6) is 1.00. The molecule has 0 aliphatic carbocycles. The monoisotopic (exact) mass is 474 g/mol. The highest BCUT2D eigenvalue weighted by Crippen LogP contribution is 2.23. The van der Waals surface area contributed by atoms with E-state index in [0.29, 0.717) is 37.8 Å². The minimum absolute atomic E-state index is 0.0745. The lowest BCUT2D eigenvalue weighted by atomic mass is 9.95. The molecule has 0 unspecified atom stereocenters. The summed E-state index contributed by atoms with van der Waals surface area (Å²) in [7, 11) is 1.61. The number of likely N-dealkylation sites (tertiary alicyclic amines) is 2. The largest absolute Gasteiger partial charge is 0.496 e. The number of amides is 2. The number of piperidine rings is 1. The van der Waals surface area contributed by atoms with Gasteiger partial charge in [0.2, 0.25) is 11.8 Å². The molecule has 8 heteroatoms. The van der Waals surface area contributed by atoms with Crippen LogP contribution in [0.4, 0.5) is 4.39 Å². The van der Waals surface area contributed by atoms with Crippen molar-refractivity contribution in [3.63, 3.8) is 0 Å². The zero-order valence-corrected chi connectivity index (χ0v) is 20.5. The zero-order chi connectivity index (χ0) is 23.9. The molecular weight excluding hydrogens is 435 g/mol. The quantitative estimate of drug-likeness (QED) is 0.635. The molecule has 3 aliphatic heterocycles. The predicted molar refractivity (Wildman–Crippen MR) is 129 cm³/mol. The van der Waals surface area contributed by atoms with Gasteiger partial charge in [-0.3, -0.25) is 19.4 Å². The molecule has 3 aliphatic rings. The number of piperazine rings is 1. The first-order valence-corrected chi connectivity index (χ1v) is 12.9. The van der Waals surface area contributed by atoms with E-state index in [0.717, 1.165) is 70.5 Å². The van der Waals surface area contributed by atoms with Gasteiger partial charge < -0.3 is 14.5 Å². The van der Waals surface area contributed by atoms with Gasteiger partial charge in [-0.2, -0.15) is 0 Å². The molecular formula is C26H39FN4O3. The first kappa shape index (κ1) is 24.9. The second-order valence-electron chi connectivity index (χ2n) is 9.90. The van der Waals surface area contributed by atoms with Gasteiger partial charge in [0.15, 0.2) is 0 Å². The first-order valence-electron chi connectivity index (χ1n) is 12.9. The second-order valence-corrected chi connectivity index (χ2v) is 9.90. The summed E-state index contributed by atoms with van der Waals surface area (Å²) in [4.78, 5) is 34.3. The van der Waals surface area contributed by atoms with Crippen LogP contribution in [0, 0.1) is 11.7 Å². The van der Waals surface area contributed by atoms with E-state index in [1.807, 2.05) is 4.90 Å². The standard InChI is InChI=1S/C26H39FN4O3/c1-34-24-7-6-23(27)18-22(24)19-28-14-16-29(17-15-28)20-25(32)30-12-8-21(9-13-30)26(33)31-10-4-2-3-5-11-31/h6-7,18,21H,2-5,8-17,19-20H2,1H3. The van der Waals surface area contributed by atoms with E-state index in [-0.39, 0.29) is 17.6 Å². The maximum Gasteiger partial charge on any atom is 0.236 e. The third-order valence-electron chi connectivity index (χ3n) is 7.57. The normalized spacial score (nSPS) is 21.4. The van der Waals surface area contributed by atoms with E-state index < -0.39 is 0 Å². The van der Waals surface area contributed by atoms with E-state index in [4.69, 9.17) is 4.74 Å². The Bertz CT molecular complexity index is 827.